The Labute approximate surface area is 214 Å². The van der Waals surface area contributed by atoms with Crippen molar-refractivity contribution in [2.75, 3.05) is 25.4 Å². The summed E-state index contributed by atoms with van der Waals surface area (Å²) in [5, 5.41) is 1.22. The van der Waals surface area contributed by atoms with Crippen molar-refractivity contribution in [3.63, 3.8) is 0 Å². The van der Waals surface area contributed by atoms with E-state index >= 15 is 0 Å². The molecule has 0 aromatic heterocycles. The summed E-state index contributed by atoms with van der Waals surface area (Å²) in [6.07, 6.45) is -0.477. The third-order valence-corrected chi connectivity index (χ3v) is 9.34. The zero-order valence-electron chi connectivity index (χ0n) is 19.0. The molecule has 0 N–H and O–H groups in total. The molecule has 0 saturated carbocycles. The Morgan fingerprint density at radius 1 is 1.12 bits per heavy atom. The first kappa shape index (κ1) is 25.5. The minimum Gasteiger partial charge on any atom is -0.373 e. The molecule has 182 valence electrons. The van der Waals surface area contributed by atoms with Gasteiger partial charge in [-0.1, -0.05) is 41.0 Å². The second-order valence-corrected chi connectivity index (χ2v) is 12.1. The molecule has 0 bridgehead atoms. The standard InChI is InChI=1S/C23H25Cl2N3O4S2/c1-14-12-27(13-15(2)32-14)34(30,31)21-11-17(7-8-19(21)25)22(29)28-9-10-33-23(28)26-20-6-4-5-18(24)16(20)3/h4-8,11,14-15H,9-10,12-13H2,1-3H3. The maximum Gasteiger partial charge on any atom is 0.259 e. The van der Waals surface area contributed by atoms with Gasteiger partial charge in [-0.25, -0.2) is 13.4 Å². The van der Waals surface area contributed by atoms with E-state index in [1.165, 1.54) is 28.2 Å². The first-order chi connectivity index (χ1) is 16.1. The van der Waals surface area contributed by atoms with Crippen molar-refractivity contribution in [2.45, 2.75) is 37.9 Å². The van der Waals surface area contributed by atoms with E-state index in [9.17, 15) is 13.2 Å². The molecule has 2 heterocycles. The lowest BCUT2D eigenvalue weighted by atomic mass is 10.2. The van der Waals surface area contributed by atoms with Gasteiger partial charge in [-0.15, -0.1) is 0 Å². The summed E-state index contributed by atoms with van der Waals surface area (Å²) in [7, 11) is -3.91. The Hall–Kier alpha value is -1.62. The first-order valence-electron chi connectivity index (χ1n) is 10.8. The van der Waals surface area contributed by atoms with Crippen LogP contribution in [0.2, 0.25) is 10.0 Å². The van der Waals surface area contributed by atoms with Gasteiger partial charge in [-0.05, 0) is 56.7 Å². The molecule has 2 aromatic rings. The zero-order chi connectivity index (χ0) is 24.6. The van der Waals surface area contributed by atoms with Crippen LogP contribution < -0.4 is 0 Å². The predicted octanol–water partition coefficient (Wildman–Crippen LogP) is 4.98. The molecule has 0 spiro atoms. The van der Waals surface area contributed by atoms with E-state index in [0.717, 1.165) is 5.56 Å². The number of carbonyl (C=O) groups excluding carboxylic acids is 1. The average Bonchev–Trinajstić information content (AvgIpc) is 3.24. The molecular weight excluding hydrogens is 517 g/mol. The zero-order valence-corrected chi connectivity index (χ0v) is 22.1. The molecule has 2 aromatic carbocycles. The largest absolute Gasteiger partial charge is 0.373 e. The molecular formula is C23H25Cl2N3O4S2. The second kappa shape index (κ2) is 10.2. The quantitative estimate of drug-likeness (QED) is 0.545. The van der Waals surface area contributed by atoms with Crippen LogP contribution >= 0.6 is 35.0 Å². The van der Waals surface area contributed by atoms with E-state index in [4.69, 9.17) is 27.9 Å². The van der Waals surface area contributed by atoms with Gasteiger partial charge in [0.1, 0.15) is 4.90 Å². The summed E-state index contributed by atoms with van der Waals surface area (Å²) >= 11 is 14.0. The fourth-order valence-corrected chi connectivity index (χ4v) is 7.17. The molecule has 2 fully saturated rings. The molecule has 4 rings (SSSR count). The molecule has 2 unspecified atom stereocenters. The molecule has 2 aliphatic heterocycles. The SMILES string of the molecule is Cc1c(Cl)cccc1N=C1SCCN1C(=O)c1ccc(Cl)c(S(=O)(=O)N2CC(C)OC(C)C2)c1. The van der Waals surface area contributed by atoms with E-state index < -0.39 is 10.0 Å². The summed E-state index contributed by atoms with van der Waals surface area (Å²) in [6, 6.07) is 9.79. The van der Waals surface area contributed by atoms with Crippen molar-refractivity contribution in [2.24, 2.45) is 4.99 Å². The number of nitrogens with zero attached hydrogens (tertiary/aromatic N) is 3. The molecule has 2 atom stereocenters. The van der Waals surface area contributed by atoms with Crippen molar-refractivity contribution >= 4 is 61.7 Å². The van der Waals surface area contributed by atoms with Crippen molar-refractivity contribution in [1.82, 2.24) is 9.21 Å². The highest BCUT2D eigenvalue weighted by Crippen LogP contribution is 2.32. The lowest BCUT2D eigenvalue weighted by Crippen LogP contribution is -2.48. The molecule has 1 amide bonds. The third-order valence-electron chi connectivity index (χ3n) is 5.66. The van der Waals surface area contributed by atoms with Crippen LogP contribution in [0.15, 0.2) is 46.3 Å². The van der Waals surface area contributed by atoms with Gasteiger partial charge in [-0.3, -0.25) is 9.69 Å². The van der Waals surface area contributed by atoms with E-state index in [0.29, 0.717) is 28.2 Å². The number of halogens is 2. The number of sulfonamides is 1. The number of thioether (sulfide) groups is 1. The van der Waals surface area contributed by atoms with Gasteiger partial charge in [0, 0.05) is 36.0 Å². The van der Waals surface area contributed by atoms with Crippen molar-refractivity contribution < 1.29 is 17.9 Å². The van der Waals surface area contributed by atoms with Crippen LogP contribution in [0.25, 0.3) is 0 Å². The van der Waals surface area contributed by atoms with Crippen LogP contribution in [-0.4, -0.2) is 66.3 Å². The van der Waals surface area contributed by atoms with Gasteiger partial charge in [0.15, 0.2) is 5.17 Å². The summed E-state index contributed by atoms with van der Waals surface area (Å²) in [6.45, 7) is 6.43. The van der Waals surface area contributed by atoms with Crippen LogP contribution in [0.4, 0.5) is 5.69 Å². The monoisotopic (exact) mass is 541 g/mol. The Morgan fingerprint density at radius 2 is 1.82 bits per heavy atom. The molecule has 2 aliphatic rings. The highest BCUT2D eigenvalue weighted by atomic mass is 35.5. The molecule has 11 heteroatoms. The van der Waals surface area contributed by atoms with Gasteiger partial charge in [0.05, 0.1) is 22.9 Å². The summed E-state index contributed by atoms with van der Waals surface area (Å²) in [5.74, 6) is 0.354. The highest BCUT2D eigenvalue weighted by molar-refractivity contribution is 8.14. The minimum atomic E-state index is -3.91. The Balaban J connectivity index is 1.65. The number of ether oxygens (including phenoxy) is 1. The first-order valence-corrected chi connectivity index (χ1v) is 14.0. The van der Waals surface area contributed by atoms with Gasteiger partial charge in [0.2, 0.25) is 10.0 Å². The predicted molar refractivity (Wildman–Crippen MR) is 137 cm³/mol. The highest BCUT2D eigenvalue weighted by Gasteiger charge is 2.35. The summed E-state index contributed by atoms with van der Waals surface area (Å²) in [5.41, 5.74) is 1.74. The number of rotatable bonds is 4. The molecule has 7 nitrogen and oxygen atoms in total. The smallest absolute Gasteiger partial charge is 0.259 e. The van der Waals surface area contributed by atoms with E-state index in [1.807, 2.05) is 32.9 Å². The summed E-state index contributed by atoms with van der Waals surface area (Å²) in [4.78, 5) is 19.5. The van der Waals surface area contributed by atoms with Crippen LogP contribution in [-0.2, 0) is 14.8 Å². The lowest BCUT2D eigenvalue weighted by molar-refractivity contribution is -0.0440. The van der Waals surface area contributed by atoms with E-state index in [2.05, 4.69) is 4.99 Å². The molecule has 2 saturated heterocycles. The second-order valence-electron chi connectivity index (χ2n) is 8.31. The number of amides is 1. The van der Waals surface area contributed by atoms with Gasteiger partial charge >= 0.3 is 0 Å². The van der Waals surface area contributed by atoms with Crippen molar-refractivity contribution in [1.29, 1.82) is 0 Å². The molecule has 0 aliphatic carbocycles. The Kier molecular flexibility index (Phi) is 7.61. The number of hydrogen-bond acceptors (Lipinski definition) is 6. The maximum absolute atomic E-state index is 13.4. The van der Waals surface area contributed by atoms with Crippen LogP contribution in [0.3, 0.4) is 0 Å². The fraction of sp³-hybridized carbons (Fsp3) is 0.391. The number of aliphatic imine (C=N–C) groups is 1. The van der Waals surface area contributed by atoms with Gasteiger partial charge < -0.3 is 4.74 Å². The van der Waals surface area contributed by atoms with Crippen LogP contribution in [0, 0.1) is 6.92 Å². The Bertz CT molecular complexity index is 1240. The number of benzene rings is 2. The van der Waals surface area contributed by atoms with E-state index in [1.54, 1.807) is 17.0 Å². The van der Waals surface area contributed by atoms with E-state index in [-0.39, 0.29) is 46.7 Å². The lowest BCUT2D eigenvalue weighted by Gasteiger charge is -2.34. The van der Waals surface area contributed by atoms with Crippen LogP contribution in [0.1, 0.15) is 29.8 Å². The maximum atomic E-state index is 13.4. The van der Waals surface area contributed by atoms with Crippen molar-refractivity contribution in [3.8, 4) is 0 Å². The minimum absolute atomic E-state index is 0.0718. The molecule has 34 heavy (non-hydrogen) atoms. The normalized spacial score (nSPS) is 23.0. The number of hydrogen-bond donors (Lipinski definition) is 0. The van der Waals surface area contributed by atoms with Gasteiger partial charge in [-0.2, -0.15) is 4.31 Å². The van der Waals surface area contributed by atoms with Crippen molar-refractivity contribution in [3.05, 3.63) is 57.6 Å². The Morgan fingerprint density at radius 3 is 2.53 bits per heavy atom. The fourth-order valence-electron chi connectivity index (χ4n) is 3.96. The number of carbonyl (C=O) groups is 1. The average molecular weight is 543 g/mol. The summed E-state index contributed by atoms with van der Waals surface area (Å²) < 4.78 is 33.8. The third kappa shape index (κ3) is 5.15. The number of morpholine rings is 1. The van der Waals surface area contributed by atoms with Crippen LogP contribution in [0.5, 0.6) is 0 Å². The van der Waals surface area contributed by atoms with Gasteiger partial charge in [0.25, 0.3) is 5.91 Å². The number of amidine groups is 1. The molecule has 0 radical (unpaired) electrons. The topological polar surface area (TPSA) is 79.3 Å².